The molecule has 0 fully saturated rings. The van der Waals surface area contributed by atoms with E-state index >= 15 is 0 Å². The quantitative estimate of drug-likeness (QED) is 0.667. The van der Waals surface area contributed by atoms with E-state index in [4.69, 9.17) is 5.11 Å². The molecule has 1 rings (SSSR count). The first kappa shape index (κ1) is 12.0. The minimum Gasteiger partial charge on any atom is -0.478 e. The zero-order valence-corrected chi connectivity index (χ0v) is 9.02. The third-order valence-electron chi connectivity index (χ3n) is 1.73. The predicted molar refractivity (Wildman–Crippen MR) is 59.2 cm³/mol. The number of benzene rings is 1. The second-order valence-corrected chi connectivity index (χ2v) is 3.31. The van der Waals surface area contributed by atoms with E-state index in [-0.39, 0.29) is 11.3 Å². The summed E-state index contributed by atoms with van der Waals surface area (Å²) in [6.07, 6.45) is 0. The fraction of sp³-hybridized carbons (Fsp3) is 0.200. The molecule has 6 nitrogen and oxygen atoms in total. The van der Waals surface area contributed by atoms with Crippen LogP contribution in [0.25, 0.3) is 0 Å². The number of hydrogen-bond donors (Lipinski definition) is 3. The summed E-state index contributed by atoms with van der Waals surface area (Å²) in [5.41, 5.74) is 2.76. The number of rotatable bonds is 3. The Morgan fingerprint density at radius 1 is 1.25 bits per heavy atom. The Kier molecular flexibility index (Phi) is 3.84. The Labute approximate surface area is 92.8 Å². The van der Waals surface area contributed by atoms with Crippen molar-refractivity contribution < 1.29 is 14.7 Å². The lowest BCUT2D eigenvalue weighted by Crippen LogP contribution is -2.39. The molecule has 3 N–H and O–H groups in total. The zero-order chi connectivity index (χ0) is 12.1. The highest BCUT2D eigenvalue weighted by atomic mass is 16.4. The Balaban J connectivity index is 2.81. The number of carboxylic acid groups (broad SMARTS) is 1. The highest BCUT2D eigenvalue weighted by Crippen LogP contribution is 2.14. The van der Waals surface area contributed by atoms with Gasteiger partial charge in [0.05, 0.1) is 11.3 Å². The summed E-state index contributed by atoms with van der Waals surface area (Å²) in [5, 5.41) is 12.8. The van der Waals surface area contributed by atoms with Gasteiger partial charge in [-0.1, -0.05) is 12.1 Å². The maximum absolute atomic E-state index is 11.3. The Bertz CT molecular complexity index is 404. The maximum Gasteiger partial charge on any atom is 0.337 e. The fourth-order valence-corrected chi connectivity index (χ4v) is 1.13. The van der Waals surface area contributed by atoms with Gasteiger partial charge in [0.25, 0.3) is 0 Å². The number of nitrogens with zero attached hydrogens (tertiary/aromatic N) is 1. The van der Waals surface area contributed by atoms with Gasteiger partial charge in [0, 0.05) is 14.1 Å². The molecule has 2 amide bonds. The van der Waals surface area contributed by atoms with E-state index in [0.717, 1.165) is 0 Å². The third-order valence-corrected chi connectivity index (χ3v) is 1.73. The molecule has 0 saturated carbocycles. The molecular weight excluding hydrogens is 210 g/mol. The number of carbonyl (C=O) groups excluding carboxylic acids is 1. The summed E-state index contributed by atoms with van der Waals surface area (Å²) in [7, 11) is 3.31. The average molecular weight is 223 g/mol. The van der Waals surface area contributed by atoms with Crippen LogP contribution >= 0.6 is 0 Å². The first-order valence-corrected chi connectivity index (χ1v) is 4.58. The molecule has 0 aliphatic carbocycles. The zero-order valence-electron chi connectivity index (χ0n) is 9.02. The van der Waals surface area contributed by atoms with E-state index in [1.807, 2.05) is 0 Å². The minimum absolute atomic E-state index is 0.0522. The summed E-state index contributed by atoms with van der Waals surface area (Å²) in [6.45, 7) is 0. The van der Waals surface area contributed by atoms with Gasteiger partial charge in [0.15, 0.2) is 0 Å². The Hall–Kier alpha value is -2.08. The van der Waals surface area contributed by atoms with Crippen LogP contribution in [0.15, 0.2) is 24.3 Å². The van der Waals surface area contributed by atoms with Crippen molar-refractivity contribution in [3.8, 4) is 0 Å². The summed E-state index contributed by atoms with van der Waals surface area (Å²) in [4.78, 5) is 22.2. The summed E-state index contributed by atoms with van der Waals surface area (Å²) in [5.74, 6) is -1.08. The van der Waals surface area contributed by atoms with E-state index in [2.05, 4.69) is 10.7 Å². The molecule has 0 heterocycles. The molecule has 0 atom stereocenters. The van der Waals surface area contributed by atoms with Crippen LogP contribution in [0, 0.1) is 0 Å². The molecule has 1 aromatic rings. The molecule has 0 spiro atoms. The normalized spacial score (nSPS) is 9.94. The van der Waals surface area contributed by atoms with Gasteiger partial charge < -0.3 is 10.4 Å². The van der Waals surface area contributed by atoms with Crippen molar-refractivity contribution in [1.29, 1.82) is 0 Å². The smallest absolute Gasteiger partial charge is 0.337 e. The predicted octanol–water partition coefficient (Wildman–Crippen LogP) is 0.983. The van der Waals surface area contributed by atoms with Crippen molar-refractivity contribution in [3.05, 3.63) is 29.8 Å². The van der Waals surface area contributed by atoms with Crippen molar-refractivity contribution >= 4 is 17.7 Å². The van der Waals surface area contributed by atoms with Crippen molar-refractivity contribution in [2.45, 2.75) is 0 Å². The number of hydrogen-bond acceptors (Lipinski definition) is 3. The number of carbonyl (C=O) groups is 2. The lowest BCUT2D eigenvalue weighted by atomic mass is 10.2. The molecular formula is C10H13N3O3. The molecule has 86 valence electrons. The lowest BCUT2D eigenvalue weighted by molar-refractivity contribution is 0.0698. The van der Waals surface area contributed by atoms with Crippen LogP contribution in [0.2, 0.25) is 0 Å². The first-order valence-electron chi connectivity index (χ1n) is 4.58. The van der Waals surface area contributed by atoms with Gasteiger partial charge in [-0.25, -0.2) is 14.6 Å². The van der Waals surface area contributed by atoms with Gasteiger partial charge in [-0.15, -0.1) is 0 Å². The van der Waals surface area contributed by atoms with Gasteiger partial charge >= 0.3 is 12.0 Å². The Morgan fingerprint density at radius 3 is 2.44 bits per heavy atom. The van der Waals surface area contributed by atoms with Crippen LogP contribution < -0.4 is 10.7 Å². The molecule has 1 aromatic carbocycles. The summed E-state index contributed by atoms with van der Waals surface area (Å²) >= 11 is 0. The van der Waals surface area contributed by atoms with Crippen molar-refractivity contribution in [3.63, 3.8) is 0 Å². The fourth-order valence-electron chi connectivity index (χ4n) is 1.13. The number of para-hydroxylation sites is 1. The standard InChI is InChI=1S/C10H13N3O3/c1-13(2)12-10(16)11-8-6-4-3-5-7(8)9(14)15/h3-6H,1-2H3,(H,14,15)(H2,11,12,16). The number of anilines is 1. The third kappa shape index (κ3) is 3.25. The number of aromatic carboxylic acids is 1. The van der Waals surface area contributed by atoms with E-state index in [9.17, 15) is 9.59 Å². The highest BCUT2D eigenvalue weighted by Gasteiger charge is 2.11. The number of hydrazine groups is 1. The van der Waals surface area contributed by atoms with E-state index in [1.54, 1.807) is 26.2 Å². The molecule has 0 bridgehead atoms. The van der Waals surface area contributed by atoms with Gasteiger partial charge in [0.2, 0.25) is 0 Å². The van der Waals surface area contributed by atoms with Gasteiger partial charge in [0.1, 0.15) is 0 Å². The number of carboxylic acids is 1. The summed E-state index contributed by atoms with van der Waals surface area (Å²) < 4.78 is 0. The van der Waals surface area contributed by atoms with E-state index < -0.39 is 12.0 Å². The molecule has 0 saturated heterocycles. The van der Waals surface area contributed by atoms with Crippen molar-refractivity contribution in [1.82, 2.24) is 10.4 Å². The first-order chi connectivity index (χ1) is 7.50. The minimum atomic E-state index is -1.08. The van der Waals surface area contributed by atoms with Gasteiger partial charge in [-0.05, 0) is 12.1 Å². The lowest BCUT2D eigenvalue weighted by Gasteiger charge is -2.13. The van der Waals surface area contributed by atoms with Crippen LogP contribution in [-0.2, 0) is 0 Å². The van der Waals surface area contributed by atoms with E-state index in [0.29, 0.717) is 0 Å². The molecule has 0 unspecified atom stereocenters. The molecule has 0 aromatic heterocycles. The number of amides is 2. The SMILES string of the molecule is CN(C)NC(=O)Nc1ccccc1C(=O)O. The second kappa shape index (κ2) is 5.13. The maximum atomic E-state index is 11.3. The van der Waals surface area contributed by atoms with Crippen LogP contribution in [0.5, 0.6) is 0 Å². The topological polar surface area (TPSA) is 81.7 Å². The summed E-state index contributed by atoms with van der Waals surface area (Å²) in [6, 6.07) is 5.71. The van der Waals surface area contributed by atoms with Gasteiger partial charge in [-0.3, -0.25) is 5.43 Å². The van der Waals surface area contributed by atoms with Crippen LogP contribution in [0.4, 0.5) is 10.5 Å². The van der Waals surface area contributed by atoms with E-state index in [1.165, 1.54) is 17.1 Å². The van der Waals surface area contributed by atoms with Crippen molar-refractivity contribution in [2.24, 2.45) is 0 Å². The molecule has 0 aliphatic rings. The van der Waals surface area contributed by atoms with Crippen LogP contribution in [0.1, 0.15) is 10.4 Å². The van der Waals surface area contributed by atoms with Crippen LogP contribution in [0.3, 0.4) is 0 Å². The molecule has 6 heteroatoms. The average Bonchev–Trinajstić information content (AvgIpc) is 2.16. The number of nitrogens with one attached hydrogen (secondary N) is 2. The molecule has 0 aliphatic heterocycles. The number of urea groups is 1. The Morgan fingerprint density at radius 2 is 1.88 bits per heavy atom. The second-order valence-electron chi connectivity index (χ2n) is 3.31. The van der Waals surface area contributed by atoms with Crippen molar-refractivity contribution in [2.75, 3.05) is 19.4 Å². The monoisotopic (exact) mass is 223 g/mol. The largest absolute Gasteiger partial charge is 0.478 e. The highest BCUT2D eigenvalue weighted by molar-refractivity contribution is 5.99. The van der Waals surface area contributed by atoms with Crippen LogP contribution in [-0.4, -0.2) is 36.2 Å². The molecule has 16 heavy (non-hydrogen) atoms. The molecule has 0 radical (unpaired) electrons. The van der Waals surface area contributed by atoms with Gasteiger partial charge in [-0.2, -0.15) is 0 Å².